The first-order valence-corrected chi connectivity index (χ1v) is 11.8. The molecule has 0 spiro atoms. The Hall–Kier alpha value is -3.58. The van der Waals surface area contributed by atoms with Crippen LogP contribution < -0.4 is 15.4 Å². The van der Waals surface area contributed by atoms with E-state index in [4.69, 9.17) is 9.15 Å². The number of pyridine rings is 1. The summed E-state index contributed by atoms with van der Waals surface area (Å²) in [6.45, 7) is 6.65. The minimum atomic E-state index is -0.273. The molecule has 4 rings (SSSR count). The van der Waals surface area contributed by atoms with Crippen molar-refractivity contribution in [1.29, 1.82) is 0 Å². The number of anilines is 2. The minimum absolute atomic E-state index is 0.224. The number of thiophene rings is 1. The predicted molar refractivity (Wildman–Crippen MR) is 132 cm³/mol. The van der Waals surface area contributed by atoms with Crippen molar-refractivity contribution in [3.05, 3.63) is 94.4 Å². The summed E-state index contributed by atoms with van der Waals surface area (Å²) in [4.78, 5) is 18.6. The number of aryl methyl sites for hydroxylation is 2. The summed E-state index contributed by atoms with van der Waals surface area (Å²) < 4.78 is 10.9. The lowest BCUT2D eigenvalue weighted by Gasteiger charge is -2.21. The fourth-order valence-corrected chi connectivity index (χ4v) is 4.58. The Morgan fingerprint density at radius 1 is 1.12 bits per heavy atom. The van der Waals surface area contributed by atoms with Crippen molar-refractivity contribution in [2.45, 2.75) is 33.2 Å². The molecule has 0 bridgehead atoms. The number of carbonyl (C=O) groups excluding carboxylic acids is 1. The van der Waals surface area contributed by atoms with Gasteiger partial charge in [0.15, 0.2) is 5.76 Å². The molecule has 1 atom stereocenters. The van der Waals surface area contributed by atoms with Gasteiger partial charge >= 0.3 is 0 Å². The highest BCUT2D eigenvalue weighted by Gasteiger charge is 2.23. The lowest BCUT2D eigenvalue weighted by Crippen LogP contribution is -2.17. The number of ether oxygens (including phenoxy) is 1. The molecule has 0 unspecified atom stereocenters. The van der Waals surface area contributed by atoms with E-state index in [0.717, 1.165) is 39.8 Å². The van der Waals surface area contributed by atoms with Crippen LogP contribution in [0.1, 0.15) is 52.1 Å². The molecule has 2 N–H and O–H groups in total. The average Bonchev–Trinajstić information content (AvgIpc) is 3.49. The maximum absolute atomic E-state index is 12.8. The van der Waals surface area contributed by atoms with Crippen molar-refractivity contribution < 1.29 is 13.9 Å². The van der Waals surface area contributed by atoms with Crippen LogP contribution in [0.2, 0.25) is 0 Å². The molecule has 0 aliphatic carbocycles. The van der Waals surface area contributed by atoms with Crippen LogP contribution in [0.5, 0.6) is 5.75 Å². The standard InChI is InChI=1S/C26H27N3O3S/c1-4-20-16-21(26(33-20)29-25(30)22-9-7-15-32-22)24(28-23-10-6-8-17(3)27-23)18-11-13-19(14-12-18)31-5-2/h6-16,24H,4-5H2,1-3H3,(H,27,28)(H,29,30)/t24-/m1/s1. The summed E-state index contributed by atoms with van der Waals surface area (Å²) in [6, 6.07) is 19.2. The van der Waals surface area contributed by atoms with Crippen LogP contribution >= 0.6 is 11.3 Å². The van der Waals surface area contributed by atoms with Gasteiger partial charge in [-0.25, -0.2) is 4.98 Å². The molecule has 0 aliphatic heterocycles. The van der Waals surface area contributed by atoms with Crippen LogP contribution in [-0.4, -0.2) is 17.5 Å². The molecule has 1 aromatic carbocycles. The second kappa shape index (κ2) is 10.4. The number of amides is 1. The van der Waals surface area contributed by atoms with Gasteiger partial charge in [0.2, 0.25) is 0 Å². The molecule has 1 amide bonds. The van der Waals surface area contributed by atoms with E-state index in [2.05, 4.69) is 28.6 Å². The van der Waals surface area contributed by atoms with Crippen LogP contribution in [0.15, 0.2) is 71.3 Å². The molecule has 0 saturated carbocycles. The van der Waals surface area contributed by atoms with E-state index in [1.165, 1.54) is 11.1 Å². The van der Waals surface area contributed by atoms with E-state index in [-0.39, 0.29) is 17.7 Å². The van der Waals surface area contributed by atoms with E-state index >= 15 is 0 Å². The zero-order chi connectivity index (χ0) is 23.2. The fraction of sp³-hybridized carbons (Fsp3) is 0.231. The number of rotatable bonds is 9. The third-order valence-electron chi connectivity index (χ3n) is 5.15. The number of benzene rings is 1. The summed E-state index contributed by atoms with van der Waals surface area (Å²) in [5.74, 6) is 1.59. The molecule has 0 saturated heterocycles. The Morgan fingerprint density at radius 3 is 2.61 bits per heavy atom. The number of aromatic nitrogens is 1. The molecule has 33 heavy (non-hydrogen) atoms. The van der Waals surface area contributed by atoms with Gasteiger partial charge in [-0.15, -0.1) is 11.3 Å². The Bertz CT molecular complexity index is 1200. The van der Waals surface area contributed by atoms with Gasteiger partial charge < -0.3 is 19.8 Å². The number of carbonyl (C=O) groups is 1. The van der Waals surface area contributed by atoms with Gasteiger partial charge in [-0.2, -0.15) is 0 Å². The number of furan rings is 1. The van der Waals surface area contributed by atoms with Gasteiger partial charge in [0.1, 0.15) is 16.6 Å². The first kappa shape index (κ1) is 22.6. The van der Waals surface area contributed by atoms with Gasteiger partial charge in [-0.1, -0.05) is 25.1 Å². The maximum atomic E-state index is 12.8. The first-order valence-electron chi connectivity index (χ1n) is 11.0. The van der Waals surface area contributed by atoms with Gasteiger partial charge in [0, 0.05) is 16.1 Å². The zero-order valence-electron chi connectivity index (χ0n) is 18.9. The van der Waals surface area contributed by atoms with Gasteiger partial charge in [0.05, 0.1) is 18.9 Å². The van der Waals surface area contributed by atoms with Gasteiger partial charge in [0.25, 0.3) is 5.91 Å². The van der Waals surface area contributed by atoms with Crippen LogP contribution in [0.3, 0.4) is 0 Å². The van der Waals surface area contributed by atoms with Crippen LogP contribution in [0, 0.1) is 6.92 Å². The number of nitrogens with one attached hydrogen (secondary N) is 2. The van der Waals surface area contributed by atoms with Crippen molar-refractivity contribution >= 4 is 28.1 Å². The molecule has 0 fully saturated rings. The zero-order valence-corrected chi connectivity index (χ0v) is 19.7. The minimum Gasteiger partial charge on any atom is -0.494 e. The van der Waals surface area contributed by atoms with Crippen LogP contribution in [0.25, 0.3) is 0 Å². The first-order chi connectivity index (χ1) is 16.1. The smallest absolute Gasteiger partial charge is 0.291 e. The largest absolute Gasteiger partial charge is 0.494 e. The maximum Gasteiger partial charge on any atom is 0.291 e. The monoisotopic (exact) mass is 461 g/mol. The third-order valence-corrected chi connectivity index (χ3v) is 6.36. The SMILES string of the molecule is CCOc1ccc([C@@H](Nc2cccc(C)n2)c2cc(CC)sc2NC(=O)c2ccco2)cc1. The Balaban J connectivity index is 1.74. The van der Waals surface area contributed by atoms with Gasteiger partial charge in [-0.3, -0.25) is 4.79 Å². The number of hydrogen-bond acceptors (Lipinski definition) is 6. The molecule has 170 valence electrons. The van der Waals surface area contributed by atoms with Crippen molar-refractivity contribution in [2.24, 2.45) is 0 Å². The highest BCUT2D eigenvalue weighted by atomic mass is 32.1. The quantitative estimate of drug-likeness (QED) is 0.299. The normalized spacial score (nSPS) is 11.7. The average molecular weight is 462 g/mol. The summed E-state index contributed by atoms with van der Waals surface area (Å²) in [6.07, 6.45) is 2.36. The van der Waals surface area contributed by atoms with Crippen LogP contribution in [-0.2, 0) is 6.42 Å². The second-order valence-electron chi connectivity index (χ2n) is 7.53. The Morgan fingerprint density at radius 2 is 1.94 bits per heavy atom. The van der Waals surface area contributed by atoms with E-state index in [9.17, 15) is 4.79 Å². The Kier molecular flexibility index (Phi) is 7.10. The number of hydrogen-bond donors (Lipinski definition) is 2. The summed E-state index contributed by atoms with van der Waals surface area (Å²) in [5, 5.41) is 7.40. The summed E-state index contributed by atoms with van der Waals surface area (Å²) >= 11 is 1.57. The van der Waals surface area contributed by atoms with Gasteiger partial charge in [-0.05, 0) is 68.3 Å². The van der Waals surface area contributed by atoms with Crippen molar-refractivity contribution in [1.82, 2.24) is 4.98 Å². The molecular formula is C26H27N3O3S. The molecule has 0 aliphatic rings. The fourth-order valence-electron chi connectivity index (χ4n) is 3.55. The van der Waals surface area contributed by atoms with Crippen LogP contribution in [0.4, 0.5) is 10.8 Å². The number of nitrogens with zero attached hydrogens (tertiary/aromatic N) is 1. The van der Waals surface area contributed by atoms with Crippen molar-refractivity contribution in [3.8, 4) is 5.75 Å². The Labute approximate surface area is 197 Å². The van der Waals surface area contributed by atoms with E-state index in [1.54, 1.807) is 23.5 Å². The summed E-state index contributed by atoms with van der Waals surface area (Å²) in [5.41, 5.74) is 2.94. The lowest BCUT2D eigenvalue weighted by atomic mass is 9.99. The predicted octanol–water partition coefficient (Wildman–Crippen LogP) is 6.46. The molecule has 7 heteroatoms. The van der Waals surface area contributed by atoms with Crippen molar-refractivity contribution in [2.75, 3.05) is 17.2 Å². The van der Waals surface area contributed by atoms with E-state index in [1.807, 2.05) is 56.3 Å². The molecular weight excluding hydrogens is 434 g/mol. The molecule has 3 aromatic heterocycles. The summed E-state index contributed by atoms with van der Waals surface area (Å²) in [7, 11) is 0. The topological polar surface area (TPSA) is 76.4 Å². The third kappa shape index (κ3) is 5.43. The highest BCUT2D eigenvalue weighted by Crippen LogP contribution is 2.38. The van der Waals surface area contributed by atoms with E-state index in [0.29, 0.717) is 6.61 Å². The molecule has 4 aromatic rings. The second-order valence-corrected chi connectivity index (χ2v) is 8.66. The lowest BCUT2D eigenvalue weighted by molar-refractivity contribution is 0.0997. The highest BCUT2D eigenvalue weighted by molar-refractivity contribution is 7.16. The molecule has 6 nitrogen and oxygen atoms in total. The molecule has 3 heterocycles. The van der Waals surface area contributed by atoms with E-state index < -0.39 is 0 Å². The van der Waals surface area contributed by atoms with Crippen molar-refractivity contribution in [3.63, 3.8) is 0 Å². The molecule has 0 radical (unpaired) electrons.